The van der Waals surface area contributed by atoms with Gasteiger partial charge in [-0.15, -0.1) is 0 Å². The number of benzene rings is 2. The molecule has 0 heterocycles. The fourth-order valence-electron chi connectivity index (χ4n) is 2.18. The van der Waals surface area contributed by atoms with E-state index in [2.05, 4.69) is 5.32 Å². The van der Waals surface area contributed by atoms with Crippen molar-refractivity contribution < 1.29 is 14.3 Å². The highest BCUT2D eigenvalue weighted by Gasteiger charge is 2.44. The van der Waals surface area contributed by atoms with Gasteiger partial charge in [0.2, 0.25) is 5.91 Å². The molecule has 23 heavy (non-hydrogen) atoms. The molecule has 0 aromatic heterocycles. The molecule has 120 valence electrons. The highest BCUT2D eigenvalue weighted by molar-refractivity contribution is 6.30. The van der Waals surface area contributed by atoms with E-state index < -0.39 is 17.3 Å². The number of rotatable bonds is 5. The van der Waals surface area contributed by atoms with E-state index in [1.807, 2.05) is 6.07 Å². The number of anilines is 1. The predicted molar refractivity (Wildman–Crippen MR) is 90.5 cm³/mol. The van der Waals surface area contributed by atoms with E-state index in [0.717, 1.165) is 0 Å². The molecular weight excluding hydrogens is 314 g/mol. The molecule has 0 radical (unpaired) electrons. The predicted octanol–water partition coefficient (Wildman–Crippen LogP) is 3.80. The monoisotopic (exact) mass is 331 g/mol. The van der Waals surface area contributed by atoms with Gasteiger partial charge in [0.15, 0.2) is 5.41 Å². The van der Waals surface area contributed by atoms with Gasteiger partial charge in [-0.25, -0.2) is 0 Å². The van der Waals surface area contributed by atoms with Crippen LogP contribution in [0, 0.1) is 0 Å². The topological polar surface area (TPSA) is 55.4 Å². The van der Waals surface area contributed by atoms with Crippen molar-refractivity contribution in [3.05, 3.63) is 65.2 Å². The van der Waals surface area contributed by atoms with Gasteiger partial charge in [-0.2, -0.15) is 0 Å². The third-order valence-electron chi connectivity index (χ3n) is 3.59. The van der Waals surface area contributed by atoms with Gasteiger partial charge in [0, 0.05) is 10.7 Å². The lowest BCUT2D eigenvalue weighted by atomic mass is 9.81. The van der Waals surface area contributed by atoms with E-state index in [9.17, 15) is 9.59 Å². The first kappa shape index (κ1) is 17.0. The SMILES string of the molecule is CCOC(=O)C(C)(C(=O)Nc1ccc(Cl)cc1)c1ccccc1. The first-order valence-electron chi connectivity index (χ1n) is 7.28. The number of nitrogens with one attached hydrogen (secondary N) is 1. The number of amides is 1. The van der Waals surface area contributed by atoms with Crippen LogP contribution < -0.4 is 5.32 Å². The smallest absolute Gasteiger partial charge is 0.325 e. The number of ether oxygens (including phenoxy) is 1. The number of halogens is 1. The lowest BCUT2D eigenvalue weighted by molar-refractivity contribution is -0.152. The van der Waals surface area contributed by atoms with Crippen LogP contribution in [0.25, 0.3) is 0 Å². The molecule has 1 atom stereocenters. The second kappa shape index (κ2) is 7.29. The number of carbonyl (C=O) groups excluding carboxylic acids is 2. The minimum atomic E-state index is -1.43. The molecular formula is C18H18ClNO3. The zero-order chi connectivity index (χ0) is 16.9. The van der Waals surface area contributed by atoms with Gasteiger partial charge in [0.1, 0.15) is 0 Å². The third kappa shape index (κ3) is 3.71. The number of carbonyl (C=O) groups is 2. The van der Waals surface area contributed by atoms with Gasteiger partial charge in [0.05, 0.1) is 6.61 Å². The molecule has 0 saturated carbocycles. The molecule has 0 fully saturated rings. The second-order valence-corrected chi connectivity index (χ2v) is 5.61. The maximum atomic E-state index is 12.8. The summed E-state index contributed by atoms with van der Waals surface area (Å²) < 4.78 is 5.12. The maximum absolute atomic E-state index is 12.8. The quantitative estimate of drug-likeness (QED) is 0.669. The molecule has 2 aromatic carbocycles. The average molecular weight is 332 g/mol. The Morgan fingerprint density at radius 2 is 1.70 bits per heavy atom. The number of hydrogen-bond acceptors (Lipinski definition) is 3. The average Bonchev–Trinajstić information content (AvgIpc) is 2.57. The summed E-state index contributed by atoms with van der Waals surface area (Å²) >= 11 is 5.84. The molecule has 0 spiro atoms. The van der Waals surface area contributed by atoms with Gasteiger partial charge in [-0.3, -0.25) is 9.59 Å². The van der Waals surface area contributed by atoms with Gasteiger partial charge in [-0.05, 0) is 43.7 Å². The molecule has 0 aliphatic carbocycles. The van der Waals surface area contributed by atoms with Crippen LogP contribution >= 0.6 is 11.6 Å². The van der Waals surface area contributed by atoms with Crippen LogP contribution in [0.5, 0.6) is 0 Å². The van der Waals surface area contributed by atoms with Gasteiger partial charge >= 0.3 is 5.97 Å². The van der Waals surface area contributed by atoms with Crippen LogP contribution in [-0.2, 0) is 19.7 Å². The van der Waals surface area contributed by atoms with E-state index in [-0.39, 0.29) is 6.61 Å². The van der Waals surface area contributed by atoms with Crippen molar-refractivity contribution in [2.75, 3.05) is 11.9 Å². The minimum absolute atomic E-state index is 0.204. The van der Waals surface area contributed by atoms with Crippen LogP contribution in [-0.4, -0.2) is 18.5 Å². The molecule has 1 amide bonds. The van der Waals surface area contributed by atoms with Crippen LogP contribution in [0.15, 0.2) is 54.6 Å². The summed E-state index contributed by atoms with van der Waals surface area (Å²) in [4.78, 5) is 25.2. The zero-order valence-corrected chi connectivity index (χ0v) is 13.8. The van der Waals surface area contributed by atoms with E-state index >= 15 is 0 Å². The van der Waals surface area contributed by atoms with Crippen molar-refractivity contribution in [2.24, 2.45) is 0 Å². The number of esters is 1. The molecule has 4 nitrogen and oxygen atoms in total. The summed E-state index contributed by atoms with van der Waals surface area (Å²) in [6, 6.07) is 15.5. The Hall–Kier alpha value is -2.33. The lowest BCUT2D eigenvalue weighted by Gasteiger charge is -2.26. The highest BCUT2D eigenvalue weighted by atomic mass is 35.5. The van der Waals surface area contributed by atoms with E-state index in [1.54, 1.807) is 62.4 Å². The molecule has 0 saturated heterocycles. The molecule has 0 bridgehead atoms. The summed E-state index contributed by atoms with van der Waals surface area (Å²) in [5, 5.41) is 3.32. The Morgan fingerprint density at radius 3 is 2.26 bits per heavy atom. The van der Waals surface area contributed by atoms with Crippen LogP contribution in [0.3, 0.4) is 0 Å². The van der Waals surface area contributed by atoms with Gasteiger partial charge in [0.25, 0.3) is 0 Å². The van der Waals surface area contributed by atoms with Crippen molar-refractivity contribution in [1.29, 1.82) is 0 Å². The van der Waals surface area contributed by atoms with E-state index in [1.165, 1.54) is 0 Å². The van der Waals surface area contributed by atoms with Crippen LogP contribution in [0.1, 0.15) is 19.4 Å². The van der Waals surface area contributed by atoms with Crippen LogP contribution in [0.4, 0.5) is 5.69 Å². The maximum Gasteiger partial charge on any atom is 0.325 e. The van der Waals surface area contributed by atoms with Crippen molar-refractivity contribution in [2.45, 2.75) is 19.3 Å². The summed E-state index contributed by atoms with van der Waals surface area (Å²) in [6.07, 6.45) is 0. The Balaban J connectivity index is 2.35. The lowest BCUT2D eigenvalue weighted by Crippen LogP contribution is -2.45. The van der Waals surface area contributed by atoms with Crippen molar-refractivity contribution in [3.8, 4) is 0 Å². The Bertz CT molecular complexity index is 685. The summed E-state index contributed by atoms with van der Waals surface area (Å²) in [6.45, 7) is 3.47. The second-order valence-electron chi connectivity index (χ2n) is 5.17. The van der Waals surface area contributed by atoms with Crippen molar-refractivity contribution in [1.82, 2.24) is 0 Å². The third-order valence-corrected chi connectivity index (χ3v) is 3.84. The van der Waals surface area contributed by atoms with Gasteiger partial charge < -0.3 is 10.1 Å². The zero-order valence-electron chi connectivity index (χ0n) is 13.0. The Labute approximate surface area is 140 Å². The largest absolute Gasteiger partial charge is 0.465 e. The molecule has 0 aliphatic heterocycles. The van der Waals surface area contributed by atoms with Crippen molar-refractivity contribution in [3.63, 3.8) is 0 Å². The number of hydrogen-bond donors (Lipinski definition) is 1. The van der Waals surface area contributed by atoms with Crippen LogP contribution in [0.2, 0.25) is 5.02 Å². The molecule has 1 unspecified atom stereocenters. The molecule has 2 rings (SSSR count). The molecule has 2 aromatic rings. The summed E-state index contributed by atoms with van der Waals surface area (Å²) in [7, 11) is 0. The summed E-state index contributed by atoms with van der Waals surface area (Å²) in [5.74, 6) is -1.04. The fraction of sp³-hybridized carbons (Fsp3) is 0.222. The minimum Gasteiger partial charge on any atom is -0.465 e. The van der Waals surface area contributed by atoms with Gasteiger partial charge in [-0.1, -0.05) is 41.9 Å². The van der Waals surface area contributed by atoms with E-state index in [4.69, 9.17) is 16.3 Å². The van der Waals surface area contributed by atoms with E-state index in [0.29, 0.717) is 16.3 Å². The Morgan fingerprint density at radius 1 is 1.09 bits per heavy atom. The molecule has 0 aliphatic rings. The standard InChI is InChI=1S/C18H18ClNO3/c1-3-23-17(22)18(2,13-7-5-4-6-8-13)16(21)20-15-11-9-14(19)10-12-15/h4-12H,3H2,1-2H3,(H,20,21). The first-order valence-corrected chi connectivity index (χ1v) is 7.66. The normalized spacial score (nSPS) is 13.0. The molecule has 5 heteroatoms. The van der Waals surface area contributed by atoms with Crippen molar-refractivity contribution >= 4 is 29.2 Å². The summed E-state index contributed by atoms with van der Waals surface area (Å²) in [5.41, 5.74) is -0.299. The molecule has 1 N–H and O–H groups in total. The first-order chi connectivity index (χ1) is 11.0. The fourth-order valence-corrected chi connectivity index (χ4v) is 2.30. The highest BCUT2D eigenvalue weighted by Crippen LogP contribution is 2.28. The Kier molecular flexibility index (Phi) is 5.40.